The smallest absolute Gasteiger partial charge is 0.325 e. The second kappa shape index (κ2) is 6.98. The second-order valence-electron chi connectivity index (χ2n) is 5.02. The van der Waals surface area contributed by atoms with E-state index in [1.807, 2.05) is 4.98 Å². The van der Waals surface area contributed by atoms with Crippen molar-refractivity contribution in [2.75, 3.05) is 5.32 Å². The first-order valence-corrected chi connectivity index (χ1v) is 7.44. The van der Waals surface area contributed by atoms with Crippen molar-refractivity contribution in [3.8, 4) is 0 Å². The van der Waals surface area contributed by atoms with Crippen molar-refractivity contribution in [2.45, 2.75) is 26.8 Å². The molecule has 0 bridgehead atoms. The molecule has 2 rings (SSSR count). The van der Waals surface area contributed by atoms with Crippen LogP contribution in [-0.4, -0.2) is 26.2 Å². The molecular weight excluding hydrogens is 308 g/mol. The number of amides is 2. The first kappa shape index (κ1) is 15.9. The summed E-state index contributed by atoms with van der Waals surface area (Å²) in [6, 6.07) is 0.710. The van der Waals surface area contributed by atoms with Gasteiger partial charge in [0.05, 0.1) is 6.54 Å². The van der Waals surface area contributed by atoms with E-state index in [0.29, 0.717) is 16.7 Å². The van der Waals surface area contributed by atoms with Crippen LogP contribution < -0.4 is 21.9 Å². The summed E-state index contributed by atoms with van der Waals surface area (Å²) in [7, 11) is 0. The molecular formula is C12H16N6O3S. The number of H-pyrrole nitrogens is 2. The number of hydrogen-bond donors (Lipinski definition) is 4. The molecule has 0 radical (unpaired) electrons. The average Bonchev–Trinajstić information content (AvgIpc) is 2.81. The molecule has 0 aliphatic heterocycles. The molecule has 2 heterocycles. The van der Waals surface area contributed by atoms with Crippen LogP contribution in [-0.2, 0) is 13.0 Å². The monoisotopic (exact) mass is 324 g/mol. The summed E-state index contributed by atoms with van der Waals surface area (Å²) in [6.45, 7) is 4.16. The molecule has 0 unspecified atom stereocenters. The highest BCUT2D eigenvalue weighted by atomic mass is 32.1. The number of carbonyl (C=O) groups excluding carboxylic acids is 1. The molecule has 0 saturated carbocycles. The van der Waals surface area contributed by atoms with E-state index in [-0.39, 0.29) is 6.54 Å². The maximum atomic E-state index is 11.7. The van der Waals surface area contributed by atoms with Crippen molar-refractivity contribution >= 4 is 22.5 Å². The highest BCUT2D eigenvalue weighted by Crippen LogP contribution is 2.17. The van der Waals surface area contributed by atoms with Crippen LogP contribution in [0.1, 0.15) is 24.5 Å². The maximum Gasteiger partial charge on any atom is 0.325 e. The summed E-state index contributed by atoms with van der Waals surface area (Å²) in [4.78, 5) is 38.4. The van der Waals surface area contributed by atoms with Gasteiger partial charge in [-0.15, -0.1) is 10.2 Å². The first-order valence-electron chi connectivity index (χ1n) is 6.62. The van der Waals surface area contributed by atoms with Gasteiger partial charge >= 0.3 is 11.7 Å². The molecule has 0 aliphatic rings. The number of nitrogens with one attached hydrogen (secondary N) is 4. The Kier molecular flexibility index (Phi) is 5.04. The van der Waals surface area contributed by atoms with E-state index in [9.17, 15) is 14.4 Å². The minimum atomic E-state index is -0.618. The van der Waals surface area contributed by atoms with Crippen molar-refractivity contribution in [3.05, 3.63) is 37.6 Å². The number of aromatic amines is 2. The number of nitrogens with zero attached hydrogens (tertiary/aromatic N) is 2. The molecule has 10 heteroatoms. The van der Waals surface area contributed by atoms with Crippen LogP contribution in [0.4, 0.5) is 9.93 Å². The lowest BCUT2D eigenvalue weighted by molar-refractivity contribution is 0.251. The molecule has 2 amide bonds. The van der Waals surface area contributed by atoms with Gasteiger partial charge in [0.1, 0.15) is 5.01 Å². The lowest BCUT2D eigenvalue weighted by atomic mass is 10.1. The molecule has 0 spiro atoms. The van der Waals surface area contributed by atoms with E-state index in [4.69, 9.17) is 0 Å². The van der Waals surface area contributed by atoms with Crippen molar-refractivity contribution in [3.63, 3.8) is 0 Å². The molecule has 9 nitrogen and oxygen atoms in total. The Morgan fingerprint density at radius 1 is 1.32 bits per heavy atom. The van der Waals surface area contributed by atoms with Crippen molar-refractivity contribution in [2.24, 2.45) is 5.92 Å². The lowest BCUT2D eigenvalue weighted by Crippen LogP contribution is -2.31. The van der Waals surface area contributed by atoms with Crippen LogP contribution >= 0.6 is 11.3 Å². The van der Waals surface area contributed by atoms with Crippen molar-refractivity contribution in [1.29, 1.82) is 0 Å². The topological polar surface area (TPSA) is 133 Å². The number of urea groups is 1. The second-order valence-corrected chi connectivity index (χ2v) is 6.08. The zero-order valence-electron chi connectivity index (χ0n) is 12.1. The van der Waals surface area contributed by atoms with E-state index in [1.165, 1.54) is 17.4 Å². The van der Waals surface area contributed by atoms with Gasteiger partial charge in [-0.05, 0) is 5.92 Å². The zero-order chi connectivity index (χ0) is 16.1. The van der Waals surface area contributed by atoms with Gasteiger partial charge in [-0.2, -0.15) is 0 Å². The molecule has 0 atom stereocenters. The highest BCUT2D eigenvalue weighted by molar-refractivity contribution is 7.15. The third-order valence-electron chi connectivity index (χ3n) is 2.53. The summed E-state index contributed by atoms with van der Waals surface area (Å²) < 4.78 is 0. The number of hydrogen-bond acceptors (Lipinski definition) is 6. The standard InChI is InChI=1S/C12H16N6O3S/c1-6(2)3-9-17-18-12(22-9)16-10(20)13-5-7-4-8(19)15-11(21)14-7/h4,6H,3,5H2,1-2H3,(H2,13,16,18,20)(H2,14,15,19,21). The SMILES string of the molecule is CC(C)Cc1nnc(NC(=O)NCc2cc(=O)[nH]c(=O)[nH]2)s1. The molecule has 0 aliphatic carbocycles. The van der Waals surface area contributed by atoms with Gasteiger partial charge in [0.25, 0.3) is 5.56 Å². The van der Waals surface area contributed by atoms with Gasteiger partial charge in [-0.25, -0.2) is 9.59 Å². The molecule has 2 aromatic heterocycles. The quantitative estimate of drug-likeness (QED) is 0.633. The fourth-order valence-electron chi connectivity index (χ4n) is 1.67. The Bertz CT molecular complexity index is 734. The van der Waals surface area contributed by atoms with Crippen LogP contribution in [0.5, 0.6) is 0 Å². The Morgan fingerprint density at radius 2 is 2.09 bits per heavy atom. The van der Waals surface area contributed by atoms with Crippen LogP contribution in [0.15, 0.2) is 15.7 Å². The Balaban J connectivity index is 1.89. The summed E-state index contributed by atoms with van der Waals surface area (Å²) in [5, 5.41) is 14.2. The molecule has 0 fully saturated rings. The predicted octanol–water partition coefficient (Wildman–Crippen LogP) is 0.435. The molecule has 0 aromatic carbocycles. The fourth-order valence-corrected chi connectivity index (χ4v) is 2.61. The third-order valence-corrected chi connectivity index (χ3v) is 3.39. The number of rotatable bonds is 5. The summed E-state index contributed by atoms with van der Waals surface area (Å²) >= 11 is 1.31. The van der Waals surface area contributed by atoms with Crippen LogP contribution in [0.25, 0.3) is 0 Å². The summed E-state index contributed by atoms with van der Waals surface area (Å²) in [6.07, 6.45) is 0.801. The number of anilines is 1. The van der Waals surface area contributed by atoms with Gasteiger partial charge in [0.15, 0.2) is 0 Å². The Labute approximate surface area is 129 Å². The van der Waals surface area contributed by atoms with E-state index >= 15 is 0 Å². The van der Waals surface area contributed by atoms with Gasteiger partial charge in [-0.1, -0.05) is 25.2 Å². The fraction of sp³-hybridized carbons (Fsp3) is 0.417. The molecule has 0 saturated heterocycles. The minimum Gasteiger partial charge on any atom is -0.332 e. The predicted molar refractivity (Wildman–Crippen MR) is 82.0 cm³/mol. The molecule has 22 heavy (non-hydrogen) atoms. The van der Waals surface area contributed by atoms with E-state index in [1.54, 1.807) is 0 Å². The van der Waals surface area contributed by atoms with Crippen LogP contribution in [0, 0.1) is 5.92 Å². The Morgan fingerprint density at radius 3 is 2.77 bits per heavy atom. The molecule has 2 aromatic rings. The van der Waals surface area contributed by atoms with E-state index < -0.39 is 17.3 Å². The first-order chi connectivity index (χ1) is 10.4. The van der Waals surface area contributed by atoms with Crippen LogP contribution in [0.2, 0.25) is 0 Å². The summed E-state index contributed by atoms with van der Waals surface area (Å²) in [5.74, 6) is 0.461. The van der Waals surface area contributed by atoms with Gasteiger partial charge in [-0.3, -0.25) is 15.1 Å². The third kappa shape index (κ3) is 4.81. The largest absolute Gasteiger partial charge is 0.332 e. The summed E-state index contributed by atoms with van der Waals surface area (Å²) in [5.41, 5.74) is -0.836. The average molecular weight is 324 g/mol. The number of carbonyl (C=O) groups is 1. The molecule has 4 N–H and O–H groups in total. The van der Waals surface area contributed by atoms with Gasteiger partial charge < -0.3 is 10.3 Å². The normalized spacial score (nSPS) is 10.7. The maximum absolute atomic E-state index is 11.7. The van der Waals surface area contributed by atoms with Crippen LogP contribution in [0.3, 0.4) is 0 Å². The van der Waals surface area contributed by atoms with E-state index in [2.05, 4.69) is 39.7 Å². The van der Waals surface area contributed by atoms with E-state index in [0.717, 1.165) is 11.4 Å². The highest BCUT2D eigenvalue weighted by Gasteiger charge is 2.09. The number of aromatic nitrogens is 4. The van der Waals surface area contributed by atoms with Crippen molar-refractivity contribution < 1.29 is 4.79 Å². The lowest BCUT2D eigenvalue weighted by Gasteiger charge is -2.04. The van der Waals surface area contributed by atoms with Gasteiger partial charge in [0.2, 0.25) is 5.13 Å². The minimum absolute atomic E-state index is 0.0165. The Hall–Kier alpha value is -2.49. The van der Waals surface area contributed by atoms with Crippen molar-refractivity contribution in [1.82, 2.24) is 25.5 Å². The molecule has 118 valence electrons. The zero-order valence-corrected chi connectivity index (χ0v) is 12.9. The van der Waals surface area contributed by atoms with Gasteiger partial charge in [0, 0.05) is 18.2 Å².